The number of nitrogens with zero attached hydrogens (tertiary/aromatic N) is 1. The molecule has 446 valence electrons. The zero-order chi connectivity index (χ0) is 60.8. The van der Waals surface area contributed by atoms with Gasteiger partial charge in [0, 0.05) is 25.8 Å². The van der Waals surface area contributed by atoms with Crippen LogP contribution in [0.3, 0.4) is 0 Å². The highest BCUT2D eigenvalue weighted by molar-refractivity contribution is 5.99. The number of aliphatic hydroxyl groups is 2. The smallest absolute Gasteiger partial charge is 0.305 e. The minimum absolute atomic E-state index is 0.00775. The Morgan fingerprint density at radius 2 is 0.988 bits per heavy atom. The van der Waals surface area contributed by atoms with E-state index in [0.717, 1.165) is 0 Å². The van der Waals surface area contributed by atoms with Gasteiger partial charge in [-0.25, -0.2) is 0 Å². The van der Waals surface area contributed by atoms with Gasteiger partial charge in [-0.2, -0.15) is 0 Å². The maximum Gasteiger partial charge on any atom is 0.305 e. The van der Waals surface area contributed by atoms with E-state index in [1.807, 2.05) is 0 Å². The lowest BCUT2D eigenvalue weighted by molar-refractivity contribution is -0.141. The molecule has 0 spiro atoms. The Kier molecular flexibility index (Phi) is 31.1. The van der Waals surface area contributed by atoms with Crippen LogP contribution in [0.15, 0.2) is 35.3 Å². The van der Waals surface area contributed by atoms with Crippen LogP contribution in [0.5, 0.6) is 0 Å². The molecule has 0 aliphatic rings. The summed E-state index contributed by atoms with van der Waals surface area (Å²) in [7, 11) is 0. The number of nitrogens with one attached hydrogen (secondary N) is 9. The predicted molar refractivity (Wildman–Crippen MR) is 283 cm³/mol. The van der Waals surface area contributed by atoms with Gasteiger partial charge < -0.3 is 97.6 Å². The first kappa shape index (κ1) is 69.5. The minimum Gasteiger partial charge on any atom is -0.481 e. The number of nitrogens with two attached hydrogens (primary N) is 6. The van der Waals surface area contributed by atoms with Gasteiger partial charge in [0.15, 0.2) is 5.96 Å². The quantitative estimate of drug-likeness (QED) is 0.0166. The van der Waals surface area contributed by atoms with E-state index >= 15 is 0 Å². The maximum absolute atomic E-state index is 14.1. The average Bonchev–Trinajstić information content (AvgIpc) is 3.37. The van der Waals surface area contributed by atoms with Gasteiger partial charge in [-0.05, 0) is 49.5 Å². The van der Waals surface area contributed by atoms with Crippen LogP contribution in [0.1, 0.15) is 84.6 Å². The Morgan fingerprint density at radius 3 is 1.45 bits per heavy atom. The van der Waals surface area contributed by atoms with Crippen molar-refractivity contribution >= 4 is 82.8 Å². The lowest BCUT2D eigenvalue weighted by Gasteiger charge is -2.28. The molecule has 0 heterocycles. The van der Waals surface area contributed by atoms with Crippen molar-refractivity contribution in [2.75, 3.05) is 26.3 Å². The Labute approximate surface area is 460 Å². The maximum atomic E-state index is 14.1. The Bertz CT molecular complexity index is 2350. The molecule has 32 heteroatoms. The van der Waals surface area contributed by atoms with E-state index in [-0.39, 0.29) is 44.1 Å². The van der Waals surface area contributed by atoms with Crippen LogP contribution < -0.4 is 82.3 Å². The van der Waals surface area contributed by atoms with Crippen molar-refractivity contribution in [3.05, 3.63) is 35.9 Å². The van der Waals surface area contributed by atoms with Crippen molar-refractivity contribution in [2.45, 2.75) is 140 Å². The van der Waals surface area contributed by atoms with Crippen LogP contribution in [0.2, 0.25) is 0 Å². The predicted octanol–water partition coefficient (Wildman–Crippen LogP) is -8.22. The number of aliphatic imine (C=N–C) groups is 1. The summed E-state index contributed by atoms with van der Waals surface area (Å²) in [4.78, 5) is 172. The standard InChI is InChI=1S/C48H78N16O16/c1-23(2)17-26(49)40(73)61-31(19-37(70)71)43(76)59-29(13-15-35(51)68)42(75)63-33(22-66)46(79)60-28(12-14-34(50)67)41(74)62-30(18-25-9-6-5-7-10-25)44(77)64-38(24(3)4)47(80)56-20-36(69)57-32(21-65)45(78)58-27(39(52)72)11-8-16-55-48(53)54/h5-7,9-10,23-24,26-33,38,65-66H,8,11-22,49H2,1-4H3,(H2,50,67)(H2,51,68)(H2,52,72)(H,56,80)(H,57,69)(H,58,78)(H,59,76)(H,60,79)(H,61,73)(H,62,74)(H,63,75)(H,64,77)(H,70,71)(H4,53,54,55)/t26-,27-,28-,29-,30-,31-,32-,33-,38-/m0/s1. The second-order valence-electron chi connectivity index (χ2n) is 19.2. The highest BCUT2D eigenvalue weighted by atomic mass is 16.4. The Balaban J connectivity index is 3.36. The third kappa shape index (κ3) is 27.2. The number of hydrogen-bond donors (Lipinski definition) is 18. The second kappa shape index (κ2) is 35.8. The fourth-order valence-corrected chi connectivity index (χ4v) is 7.30. The summed E-state index contributed by atoms with van der Waals surface area (Å²) in [5, 5.41) is 50.4. The fourth-order valence-electron chi connectivity index (χ4n) is 7.30. The van der Waals surface area contributed by atoms with Crippen LogP contribution in [-0.2, 0) is 68.7 Å². The third-order valence-corrected chi connectivity index (χ3v) is 11.5. The molecule has 0 saturated heterocycles. The largest absolute Gasteiger partial charge is 0.481 e. The molecule has 12 amide bonds. The fraction of sp³-hybridized carbons (Fsp3) is 0.583. The summed E-state index contributed by atoms with van der Waals surface area (Å²) >= 11 is 0. The van der Waals surface area contributed by atoms with Gasteiger partial charge in [0.05, 0.1) is 32.2 Å². The molecule has 24 N–H and O–H groups in total. The summed E-state index contributed by atoms with van der Waals surface area (Å²) in [6.45, 7) is 3.83. The highest BCUT2D eigenvalue weighted by Crippen LogP contribution is 2.10. The number of primary amides is 3. The summed E-state index contributed by atoms with van der Waals surface area (Å²) in [5.74, 6) is -14.8. The van der Waals surface area contributed by atoms with Crippen molar-refractivity contribution in [3.8, 4) is 0 Å². The number of aliphatic carboxylic acids is 1. The van der Waals surface area contributed by atoms with Crippen molar-refractivity contribution < 1.29 is 77.6 Å². The lowest BCUT2D eigenvalue weighted by Crippen LogP contribution is -2.61. The number of aliphatic hydroxyl groups excluding tert-OH is 2. The molecular weight excluding hydrogens is 1060 g/mol. The van der Waals surface area contributed by atoms with Crippen LogP contribution >= 0.6 is 0 Å². The molecule has 0 bridgehead atoms. The molecule has 1 aromatic carbocycles. The van der Waals surface area contributed by atoms with Crippen molar-refractivity contribution in [1.82, 2.24) is 47.9 Å². The van der Waals surface area contributed by atoms with Gasteiger partial charge in [0.1, 0.15) is 48.3 Å². The van der Waals surface area contributed by atoms with Gasteiger partial charge >= 0.3 is 5.97 Å². The van der Waals surface area contributed by atoms with Crippen molar-refractivity contribution in [2.24, 2.45) is 51.2 Å². The average molecular weight is 1140 g/mol. The van der Waals surface area contributed by atoms with E-state index in [1.54, 1.807) is 44.2 Å². The number of guanidine groups is 1. The van der Waals surface area contributed by atoms with E-state index in [1.165, 1.54) is 13.8 Å². The number of carbonyl (C=O) groups excluding carboxylic acids is 12. The van der Waals surface area contributed by atoms with Crippen LogP contribution in [0, 0.1) is 11.8 Å². The first-order valence-corrected chi connectivity index (χ1v) is 25.3. The second-order valence-corrected chi connectivity index (χ2v) is 19.2. The van der Waals surface area contributed by atoms with Crippen molar-refractivity contribution in [1.29, 1.82) is 0 Å². The van der Waals surface area contributed by atoms with Crippen LogP contribution in [0.4, 0.5) is 0 Å². The number of carbonyl (C=O) groups is 13. The van der Waals surface area contributed by atoms with Crippen LogP contribution in [-0.4, -0.2) is 179 Å². The van der Waals surface area contributed by atoms with Gasteiger partial charge in [0.2, 0.25) is 70.9 Å². The van der Waals surface area contributed by atoms with Crippen molar-refractivity contribution in [3.63, 3.8) is 0 Å². The third-order valence-electron chi connectivity index (χ3n) is 11.5. The van der Waals surface area contributed by atoms with Crippen LogP contribution in [0.25, 0.3) is 0 Å². The molecule has 0 radical (unpaired) electrons. The Hall–Kier alpha value is -8.52. The van der Waals surface area contributed by atoms with Gasteiger partial charge in [-0.1, -0.05) is 58.0 Å². The normalized spacial score (nSPS) is 14.3. The lowest BCUT2D eigenvalue weighted by atomic mass is 10.0. The van der Waals surface area contributed by atoms with Gasteiger partial charge in [-0.15, -0.1) is 0 Å². The zero-order valence-corrected chi connectivity index (χ0v) is 45.0. The molecule has 0 fully saturated rings. The molecule has 0 aromatic heterocycles. The molecule has 32 nitrogen and oxygen atoms in total. The first-order valence-electron chi connectivity index (χ1n) is 25.3. The minimum atomic E-state index is -1.93. The summed E-state index contributed by atoms with van der Waals surface area (Å²) in [6.07, 6.45) is -2.94. The number of amides is 12. The van der Waals surface area contributed by atoms with E-state index < -0.39 is 189 Å². The molecule has 0 unspecified atom stereocenters. The summed E-state index contributed by atoms with van der Waals surface area (Å²) in [5.41, 5.74) is 33.0. The molecule has 1 aromatic rings. The summed E-state index contributed by atoms with van der Waals surface area (Å²) < 4.78 is 0. The number of benzene rings is 1. The monoisotopic (exact) mass is 1130 g/mol. The molecule has 0 aliphatic carbocycles. The van der Waals surface area contributed by atoms with E-state index in [0.29, 0.717) is 5.56 Å². The molecule has 9 atom stereocenters. The molecule has 1 rings (SSSR count). The van der Waals surface area contributed by atoms with E-state index in [2.05, 4.69) is 52.8 Å². The SMILES string of the molecule is CC(C)C[C@H](N)C(=O)N[C@@H](CC(=O)O)C(=O)N[C@@H](CCC(N)=O)C(=O)N[C@@H](CO)C(=O)N[C@@H](CCC(N)=O)C(=O)N[C@@H](Cc1ccccc1)C(=O)N[C@H](C(=O)NCC(=O)N[C@@H](CO)C(=O)N[C@@H](CCCN=C(N)N)C(N)=O)C(C)C. The number of carboxylic acids is 1. The first-order chi connectivity index (χ1) is 37.5. The van der Waals surface area contributed by atoms with Gasteiger partial charge in [-0.3, -0.25) is 67.3 Å². The molecule has 80 heavy (non-hydrogen) atoms. The number of carboxylic acid groups (broad SMARTS) is 1. The number of hydrogen-bond acceptors (Lipinski definition) is 17. The van der Waals surface area contributed by atoms with E-state index in [4.69, 9.17) is 34.4 Å². The van der Waals surface area contributed by atoms with Gasteiger partial charge in [0.25, 0.3) is 0 Å². The molecule has 0 saturated carbocycles. The Morgan fingerprint density at radius 1 is 0.537 bits per heavy atom. The molecule has 0 aliphatic heterocycles. The highest BCUT2D eigenvalue weighted by Gasteiger charge is 2.35. The zero-order valence-electron chi connectivity index (χ0n) is 45.0. The van der Waals surface area contributed by atoms with E-state index in [9.17, 15) is 77.6 Å². The topological polar surface area (TPSA) is 559 Å². The number of rotatable bonds is 38. The molecular formula is C48H78N16O16. The summed E-state index contributed by atoms with van der Waals surface area (Å²) in [6, 6.07) is -6.00.